The van der Waals surface area contributed by atoms with E-state index in [1.807, 2.05) is 0 Å². The Labute approximate surface area is 141 Å². The lowest BCUT2D eigenvalue weighted by Gasteiger charge is -2.07. The Morgan fingerprint density at radius 1 is 0.773 bits per heavy atom. The lowest BCUT2D eigenvalue weighted by molar-refractivity contribution is 0.603. The maximum absolute atomic E-state index is 11.4. The highest BCUT2D eigenvalue weighted by Gasteiger charge is 2.18. The molecule has 0 N–H and O–H groups in total. The van der Waals surface area contributed by atoms with Gasteiger partial charge in [0.15, 0.2) is 0 Å². The number of rotatable bonds is 9. The van der Waals surface area contributed by atoms with E-state index in [0.717, 1.165) is 25.3 Å². The first-order valence-corrected chi connectivity index (χ1v) is 11.8. The summed E-state index contributed by atoms with van der Waals surface area (Å²) in [5, 5.41) is 0. The number of hydrogen-bond donors (Lipinski definition) is 0. The highest BCUT2D eigenvalue weighted by Crippen LogP contribution is 2.25. The largest absolute Gasteiger partial charge is 0.261 e. The first kappa shape index (κ1) is 19.7. The minimum Gasteiger partial charge on any atom is -0.207 e. The molecule has 22 heavy (non-hydrogen) atoms. The molecule has 1 rings (SSSR count). The molecule has 0 aromatic heterocycles. The molecule has 0 fully saturated rings. The molecule has 0 unspecified atom stereocenters. The zero-order valence-corrected chi connectivity index (χ0v) is 15.5. The smallest absolute Gasteiger partial charge is 0.207 e. The zero-order valence-electron chi connectivity index (χ0n) is 12.4. The van der Waals surface area contributed by atoms with Crippen molar-refractivity contribution in [2.75, 3.05) is 0 Å². The number of benzene rings is 1. The lowest BCUT2D eigenvalue weighted by Crippen LogP contribution is -1.99. The standard InChI is InChI=1S/C14H20Cl2O4S2/c1-2-3-4-5-6-7-8-12-9-13(21(15,17)18)11-14(10-12)22(16,19)20/h9-11H,2-8H2,1H3. The molecule has 4 nitrogen and oxygen atoms in total. The number of halogens is 2. The summed E-state index contributed by atoms with van der Waals surface area (Å²) in [5.74, 6) is 0. The Morgan fingerprint density at radius 3 is 1.68 bits per heavy atom. The molecule has 0 atom stereocenters. The molecule has 0 heterocycles. The van der Waals surface area contributed by atoms with Crippen molar-refractivity contribution in [1.82, 2.24) is 0 Å². The quantitative estimate of drug-likeness (QED) is 0.464. The number of hydrogen-bond acceptors (Lipinski definition) is 4. The third-order valence-electron chi connectivity index (χ3n) is 3.32. The van der Waals surface area contributed by atoms with Crippen LogP contribution in [0.3, 0.4) is 0 Å². The topological polar surface area (TPSA) is 68.3 Å². The molecule has 0 radical (unpaired) electrons. The molecular weight excluding hydrogens is 367 g/mol. The number of aryl methyl sites for hydroxylation is 1. The van der Waals surface area contributed by atoms with Gasteiger partial charge >= 0.3 is 0 Å². The van der Waals surface area contributed by atoms with E-state index in [1.54, 1.807) is 0 Å². The Kier molecular flexibility index (Phi) is 7.65. The van der Waals surface area contributed by atoms with E-state index in [2.05, 4.69) is 6.92 Å². The minimum atomic E-state index is -4.00. The number of unbranched alkanes of at least 4 members (excludes halogenated alkanes) is 5. The summed E-state index contributed by atoms with van der Waals surface area (Å²) < 4.78 is 45.8. The summed E-state index contributed by atoms with van der Waals surface area (Å²) in [5.41, 5.74) is 0.608. The molecule has 0 aliphatic rings. The van der Waals surface area contributed by atoms with E-state index in [-0.39, 0.29) is 9.79 Å². The van der Waals surface area contributed by atoms with Crippen LogP contribution in [-0.4, -0.2) is 16.8 Å². The van der Waals surface area contributed by atoms with Crippen LogP contribution in [-0.2, 0) is 24.5 Å². The summed E-state index contributed by atoms with van der Waals surface area (Å²) in [6.45, 7) is 2.15. The molecule has 0 bridgehead atoms. The van der Waals surface area contributed by atoms with Gasteiger partial charge < -0.3 is 0 Å². The van der Waals surface area contributed by atoms with E-state index in [4.69, 9.17) is 21.4 Å². The minimum absolute atomic E-state index is 0.239. The van der Waals surface area contributed by atoms with Crippen LogP contribution in [0.15, 0.2) is 28.0 Å². The molecule has 0 spiro atoms. The predicted octanol–water partition coefficient (Wildman–Crippen LogP) is 4.44. The summed E-state index contributed by atoms with van der Waals surface area (Å²) in [7, 11) is 2.61. The van der Waals surface area contributed by atoms with Crippen LogP contribution in [0.5, 0.6) is 0 Å². The van der Waals surface area contributed by atoms with Crippen LogP contribution in [0.4, 0.5) is 0 Å². The molecule has 0 saturated heterocycles. The third kappa shape index (κ3) is 6.86. The van der Waals surface area contributed by atoms with Gasteiger partial charge in [-0.05, 0) is 36.6 Å². The van der Waals surface area contributed by atoms with Crippen molar-refractivity contribution in [3.05, 3.63) is 23.8 Å². The van der Waals surface area contributed by atoms with Gasteiger partial charge in [0.2, 0.25) is 0 Å². The maximum Gasteiger partial charge on any atom is 0.261 e. The molecule has 0 amide bonds. The van der Waals surface area contributed by atoms with Gasteiger partial charge in [-0.1, -0.05) is 39.0 Å². The van der Waals surface area contributed by atoms with Crippen LogP contribution in [0.2, 0.25) is 0 Å². The zero-order chi connectivity index (χ0) is 16.8. The van der Waals surface area contributed by atoms with Gasteiger partial charge in [0.05, 0.1) is 9.79 Å². The van der Waals surface area contributed by atoms with E-state index in [0.29, 0.717) is 12.0 Å². The molecule has 0 saturated carbocycles. The Hall–Kier alpha value is -0.300. The first-order chi connectivity index (χ1) is 10.1. The molecule has 8 heteroatoms. The Bertz CT molecular complexity index is 647. The van der Waals surface area contributed by atoms with Crippen LogP contribution in [0.25, 0.3) is 0 Å². The Balaban J connectivity index is 2.86. The average molecular weight is 387 g/mol. The van der Waals surface area contributed by atoms with Crippen molar-refractivity contribution in [2.24, 2.45) is 0 Å². The van der Waals surface area contributed by atoms with Gasteiger partial charge in [0.1, 0.15) is 0 Å². The molecule has 0 aliphatic carbocycles. The molecule has 126 valence electrons. The van der Waals surface area contributed by atoms with Gasteiger partial charge in [-0.25, -0.2) is 16.8 Å². The van der Waals surface area contributed by atoms with E-state index < -0.39 is 18.1 Å². The SMILES string of the molecule is CCCCCCCCc1cc(S(=O)(=O)Cl)cc(S(=O)(=O)Cl)c1. The van der Waals surface area contributed by atoms with Crippen LogP contribution in [0, 0.1) is 0 Å². The van der Waals surface area contributed by atoms with Crippen molar-refractivity contribution in [3.8, 4) is 0 Å². The van der Waals surface area contributed by atoms with E-state index >= 15 is 0 Å². The van der Waals surface area contributed by atoms with Crippen molar-refractivity contribution >= 4 is 39.5 Å². The van der Waals surface area contributed by atoms with Gasteiger partial charge in [-0.2, -0.15) is 0 Å². The van der Waals surface area contributed by atoms with Crippen LogP contribution >= 0.6 is 21.4 Å². The molecule has 1 aromatic rings. The molecule has 0 aliphatic heterocycles. The fourth-order valence-electron chi connectivity index (χ4n) is 2.17. The van der Waals surface area contributed by atoms with E-state index in [9.17, 15) is 16.8 Å². The second-order valence-corrected chi connectivity index (χ2v) is 10.3. The first-order valence-electron chi connectivity index (χ1n) is 7.18. The summed E-state index contributed by atoms with van der Waals surface area (Å²) in [6, 6.07) is 3.79. The van der Waals surface area contributed by atoms with Crippen molar-refractivity contribution < 1.29 is 16.8 Å². The fourth-order valence-corrected chi connectivity index (χ4v) is 3.89. The summed E-state index contributed by atoms with van der Waals surface area (Å²) in [4.78, 5) is -0.478. The average Bonchev–Trinajstić information content (AvgIpc) is 2.40. The van der Waals surface area contributed by atoms with Crippen molar-refractivity contribution in [2.45, 2.75) is 61.7 Å². The van der Waals surface area contributed by atoms with Gasteiger partial charge in [0.25, 0.3) is 18.1 Å². The van der Waals surface area contributed by atoms with Crippen molar-refractivity contribution in [1.29, 1.82) is 0 Å². The summed E-state index contributed by atoms with van der Waals surface area (Å²) >= 11 is 0. The third-order valence-corrected chi connectivity index (χ3v) is 5.99. The normalized spacial score (nSPS) is 12.5. The fraction of sp³-hybridized carbons (Fsp3) is 0.571. The highest BCUT2D eigenvalue weighted by molar-refractivity contribution is 8.14. The second-order valence-electron chi connectivity index (χ2n) is 5.21. The lowest BCUT2D eigenvalue weighted by atomic mass is 10.1. The monoisotopic (exact) mass is 386 g/mol. The summed E-state index contributed by atoms with van der Waals surface area (Å²) in [6.07, 6.45) is 7.13. The molecule has 1 aromatic carbocycles. The van der Waals surface area contributed by atoms with Crippen LogP contribution < -0.4 is 0 Å². The predicted molar refractivity (Wildman–Crippen MR) is 89.6 cm³/mol. The van der Waals surface area contributed by atoms with Crippen molar-refractivity contribution in [3.63, 3.8) is 0 Å². The van der Waals surface area contributed by atoms with Gasteiger partial charge in [-0.15, -0.1) is 0 Å². The van der Waals surface area contributed by atoms with Gasteiger partial charge in [-0.3, -0.25) is 0 Å². The highest BCUT2D eigenvalue weighted by atomic mass is 35.7. The van der Waals surface area contributed by atoms with Gasteiger partial charge in [0, 0.05) is 21.4 Å². The van der Waals surface area contributed by atoms with Crippen LogP contribution in [0.1, 0.15) is 51.0 Å². The molecular formula is C14H20Cl2O4S2. The second kappa shape index (κ2) is 8.52. The Morgan fingerprint density at radius 2 is 1.23 bits per heavy atom. The maximum atomic E-state index is 11.4. The van der Waals surface area contributed by atoms with E-state index in [1.165, 1.54) is 31.4 Å².